The minimum absolute atomic E-state index is 0.00819. The zero-order valence-corrected chi connectivity index (χ0v) is 14.6. The number of hydrogen-bond donors (Lipinski definition) is 0. The standard InChI is InChI=1S/C13H17BrO4S2/c1-10(2)18-13(15)9-19-7-8-20(16,17)12-5-3-11(14)4-6-12/h3-6,10H,7-9H2,1-2H3. The molecule has 0 heterocycles. The van der Waals surface area contributed by atoms with Gasteiger partial charge < -0.3 is 4.74 Å². The van der Waals surface area contributed by atoms with Crippen LogP contribution in [-0.4, -0.2) is 37.7 Å². The first-order valence-corrected chi connectivity index (χ1v) is 9.67. The van der Waals surface area contributed by atoms with Crippen molar-refractivity contribution < 1.29 is 17.9 Å². The van der Waals surface area contributed by atoms with Crippen LogP contribution in [0.2, 0.25) is 0 Å². The van der Waals surface area contributed by atoms with Crippen molar-refractivity contribution in [3.63, 3.8) is 0 Å². The Hall–Kier alpha value is -0.530. The van der Waals surface area contributed by atoms with Gasteiger partial charge in [-0.15, -0.1) is 11.8 Å². The van der Waals surface area contributed by atoms with Crippen molar-refractivity contribution in [2.75, 3.05) is 17.3 Å². The van der Waals surface area contributed by atoms with E-state index in [0.29, 0.717) is 10.6 Å². The Balaban J connectivity index is 2.41. The highest BCUT2D eigenvalue weighted by Gasteiger charge is 2.14. The number of ether oxygens (including phenoxy) is 1. The molecule has 112 valence electrons. The summed E-state index contributed by atoms with van der Waals surface area (Å²) < 4.78 is 29.8. The van der Waals surface area contributed by atoms with Crippen LogP contribution in [0, 0.1) is 0 Å². The van der Waals surface area contributed by atoms with Crippen LogP contribution < -0.4 is 0 Å². The van der Waals surface area contributed by atoms with E-state index >= 15 is 0 Å². The van der Waals surface area contributed by atoms with E-state index < -0.39 is 9.84 Å². The zero-order valence-electron chi connectivity index (χ0n) is 11.3. The van der Waals surface area contributed by atoms with Crippen LogP contribution in [0.15, 0.2) is 33.6 Å². The molecule has 4 nitrogen and oxygen atoms in total. The van der Waals surface area contributed by atoms with Crippen LogP contribution in [0.5, 0.6) is 0 Å². The van der Waals surface area contributed by atoms with Crippen molar-refractivity contribution in [3.05, 3.63) is 28.7 Å². The number of rotatable bonds is 7. The number of halogens is 1. The maximum absolute atomic E-state index is 12.0. The first kappa shape index (κ1) is 17.5. The minimum Gasteiger partial charge on any atom is -0.462 e. The zero-order chi connectivity index (χ0) is 15.2. The third-order valence-electron chi connectivity index (χ3n) is 2.26. The maximum Gasteiger partial charge on any atom is 0.316 e. The van der Waals surface area contributed by atoms with Crippen LogP contribution in [0.25, 0.3) is 0 Å². The monoisotopic (exact) mass is 380 g/mol. The van der Waals surface area contributed by atoms with E-state index in [9.17, 15) is 13.2 Å². The molecule has 0 radical (unpaired) electrons. The quantitative estimate of drug-likeness (QED) is 0.537. The molecule has 0 fully saturated rings. The number of esters is 1. The Morgan fingerprint density at radius 3 is 2.45 bits per heavy atom. The summed E-state index contributed by atoms with van der Waals surface area (Å²) in [6.45, 7) is 3.56. The number of thioether (sulfide) groups is 1. The van der Waals surface area contributed by atoms with Crippen LogP contribution >= 0.6 is 27.7 Å². The minimum atomic E-state index is -3.29. The lowest BCUT2D eigenvalue weighted by Gasteiger charge is -2.07. The summed E-state index contributed by atoms with van der Waals surface area (Å²) in [5.41, 5.74) is 0. The Morgan fingerprint density at radius 1 is 1.30 bits per heavy atom. The van der Waals surface area contributed by atoms with E-state index in [2.05, 4.69) is 15.9 Å². The first-order valence-electron chi connectivity index (χ1n) is 6.07. The van der Waals surface area contributed by atoms with Gasteiger partial charge in [0.2, 0.25) is 0 Å². The second-order valence-corrected chi connectivity index (χ2v) is 8.49. The molecule has 1 aromatic rings. The van der Waals surface area contributed by atoms with Gasteiger partial charge in [0.15, 0.2) is 9.84 Å². The summed E-state index contributed by atoms with van der Waals surface area (Å²) in [5, 5.41) is 0. The van der Waals surface area contributed by atoms with Crippen LogP contribution in [0.3, 0.4) is 0 Å². The molecule has 1 rings (SSSR count). The van der Waals surface area contributed by atoms with Gasteiger partial charge >= 0.3 is 5.97 Å². The average Bonchev–Trinajstić information content (AvgIpc) is 2.34. The van der Waals surface area contributed by atoms with E-state index in [4.69, 9.17) is 4.74 Å². The number of carbonyl (C=O) groups is 1. The highest BCUT2D eigenvalue weighted by Crippen LogP contribution is 2.17. The molecule has 0 N–H and O–H groups in total. The number of benzene rings is 1. The normalized spacial score (nSPS) is 11.6. The lowest BCUT2D eigenvalue weighted by Crippen LogP contribution is -2.15. The number of hydrogen-bond acceptors (Lipinski definition) is 5. The highest BCUT2D eigenvalue weighted by atomic mass is 79.9. The Labute approximate surface area is 132 Å². The fourth-order valence-electron chi connectivity index (χ4n) is 1.38. The lowest BCUT2D eigenvalue weighted by atomic mass is 10.4. The molecule has 0 amide bonds. The predicted octanol–water partition coefficient (Wildman–Crippen LogP) is 2.91. The van der Waals surface area contributed by atoms with Gasteiger partial charge in [0.05, 0.1) is 22.5 Å². The smallest absolute Gasteiger partial charge is 0.316 e. The molecule has 0 saturated heterocycles. The largest absolute Gasteiger partial charge is 0.462 e. The van der Waals surface area contributed by atoms with Gasteiger partial charge in [-0.3, -0.25) is 4.79 Å². The van der Waals surface area contributed by atoms with Gasteiger partial charge in [-0.05, 0) is 38.1 Å². The van der Waals surface area contributed by atoms with Gasteiger partial charge in [-0.25, -0.2) is 8.42 Å². The second-order valence-electron chi connectivity index (χ2n) is 4.36. The number of carbonyl (C=O) groups excluding carboxylic acids is 1. The molecule has 0 aliphatic carbocycles. The van der Waals surface area contributed by atoms with Crippen LogP contribution in [0.4, 0.5) is 0 Å². The Morgan fingerprint density at radius 2 is 1.90 bits per heavy atom. The Bertz CT molecular complexity index is 538. The second kappa shape index (κ2) is 8.05. The molecular formula is C13H17BrO4S2. The lowest BCUT2D eigenvalue weighted by molar-refractivity contribution is -0.144. The summed E-state index contributed by atoms with van der Waals surface area (Å²) >= 11 is 4.53. The summed E-state index contributed by atoms with van der Waals surface area (Å²) in [7, 11) is -3.29. The van der Waals surface area contributed by atoms with Gasteiger partial charge in [0.1, 0.15) is 0 Å². The van der Waals surface area contributed by atoms with E-state index in [1.165, 1.54) is 11.8 Å². The molecule has 0 saturated carbocycles. The number of sulfone groups is 1. The van der Waals surface area contributed by atoms with Gasteiger partial charge in [-0.2, -0.15) is 0 Å². The van der Waals surface area contributed by atoms with E-state index in [-0.39, 0.29) is 23.6 Å². The van der Waals surface area contributed by atoms with Gasteiger partial charge in [0.25, 0.3) is 0 Å². The van der Waals surface area contributed by atoms with E-state index in [1.807, 2.05) is 0 Å². The van der Waals surface area contributed by atoms with E-state index in [1.54, 1.807) is 38.1 Å². The predicted molar refractivity (Wildman–Crippen MR) is 84.7 cm³/mol. The third kappa shape index (κ3) is 6.28. The molecule has 0 spiro atoms. The van der Waals surface area contributed by atoms with Crippen molar-refractivity contribution in [3.8, 4) is 0 Å². The highest BCUT2D eigenvalue weighted by molar-refractivity contribution is 9.10. The fraction of sp³-hybridized carbons (Fsp3) is 0.462. The van der Waals surface area contributed by atoms with Crippen molar-refractivity contribution in [1.29, 1.82) is 0 Å². The maximum atomic E-state index is 12.0. The summed E-state index contributed by atoms with van der Waals surface area (Å²) in [6.07, 6.45) is -0.144. The molecule has 1 aromatic carbocycles. The molecule has 0 atom stereocenters. The van der Waals surface area contributed by atoms with Crippen LogP contribution in [-0.2, 0) is 19.4 Å². The summed E-state index contributed by atoms with van der Waals surface area (Å²) in [5.74, 6) is 0.236. The molecule has 0 bridgehead atoms. The van der Waals surface area contributed by atoms with Crippen molar-refractivity contribution in [2.45, 2.75) is 24.8 Å². The Kier molecular flexibility index (Phi) is 7.05. The first-order chi connectivity index (χ1) is 9.31. The van der Waals surface area contributed by atoms with Crippen molar-refractivity contribution in [2.24, 2.45) is 0 Å². The molecule has 0 aliphatic rings. The molecule has 0 unspecified atom stereocenters. The molecule has 20 heavy (non-hydrogen) atoms. The van der Waals surface area contributed by atoms with Crippen LogP contribution in [0.1, 0.15) is 13.8 Å². The topological polar surface area (TPSA) is 60.4 Å². The van der Waals surface area contributed by atoms with Crippen molar-refractivity contribution in [1.82, 2.24) is 0 Å². The van der Waals surface area contributed by atoms with E-state index in [0.717, 1.165) is 4.47 Å². The van der Waals surface area contributed by atoms with Gasteiger partial charge in [-0.1, -0.05) is 15.9 Å². The average molecular weight is 381 g/mol. The van der Waals surface area contributed by atoms with Gasteiger partial charge in [0, 0.05) is 10.2 Å². The molecule has 7 heteroatoms. The van der Waals surface area contributed by atoms with Crippen molar-refractivity contribution >= 4 is 43.5 Å². The summed E-state index contributed by atoms with van der Waals surface area (Å²) in [6, 6.07) is 6.52. The molecule has 0 aliphatic heterocycles. The fourth-order valence-corrected chi connectivity index (χ4v) is 4.16. The molecular weight excluding hydrogens is 364 g/mol. The summed E-state index contributed by atoms with van der Waals surface area (Å²) in [4.78, 5) is 11.6. The SMILES string of the molecule is CC(C)OC(=O)CSCCS(=O)(=O)c1ccc(Br)cc1. The third-order valence-corrected chi connectivity index (χ3v) is 5.71. The molecule has 0 aromatic heterocycles.